The first kappa shape index (κ1) is 13.9. The SMILES string of the molecule is CC(C)C(N)C(CO)N1C[C@@H](C)O[C@@H](C)C1. The molecule has 1 aliphatic heterocycles. The number of nitrogens with two attached hydrogens (primary N) is 1. The summed E-state index contributed by atoms with van der Waals surface area (Å²) in [5.41, 5.74) is 6.15. The number of aliphatic hydroxyl groups is 1. The van der Waals surface area contributed by atoms with Gasteiger partial charge in [0.1, 0.15) is 0 Å². The van der Waals surface area contributed by atoms with Gasteiger partial charge in [-0.15, -0.1) is 0 Å². The number of morpholine rings is 1. The first-order valence-electron chi connectivity index (χ1n) is 6.21. The second kappa shape index (κ2) is 5.96. The summed E-state index contributed by atoms with van der Waals surface area (Å²) in [5, 5.41) is 9.51. The van der Waals surface area contributed by atoms with Crippen LogP contribution >= 0.6 is 0 Å². The van der Waals surface area contributed by atoms with Gasteiger partial charge in [-0.25, -0.2) is 0 Å². The average molecular weight is 230 g/mol. The molecule has 2 unspecified atom stereocenters. The maximum absolute atomic E-state index is 9.51. The fourth-order valence-electron chi connectivity index (χ4n) is 2.41. The molecule has 0 aliphatic carbocycles. The Kier molecular flexibility index (Phi) is 5.18. The highest BCUT2D eigenvalue weighted by Gasteiger charge is 2.31. The Labute approximate surface area is 98.8 Å². The molecule has 0 bridgehead atoms. The predicted molar refractivity (Wildman–Crippen MR) is 65.3 cm³/mol. The van der Waals surface area contributed by atoms with Crippen LogP contribution < -0.4 is 5.73 Å². The summed E-state index contributed by atoms with van der Waals surface area (Å²) in [6, 6.07) is 0.0660. The molecule has 0 spiro atoms. The maximum Gasteiger partial charge on any atom is 0.0678 e. The van der Waals surface area contributed by atoms with Crippen molar-refractivity contribution in [1.82, 2.24) is 4.90 Å². The van der Waals surface area contributed by atoms with Crippen LogP contribution in [0, 0.1) is 5.92 Å². The quantitative estimate of drug-likeness (QED) is 0.736. The zero-order chi connectivity index (χ0) is 12.3. The van der Waals surface area contributed by atoms with E-state index < -0.39 is 0 Å². The van der Waals surface area contributed by atoms with Gasteiger partial charge < -0.3 is 15.6 Å². The summed E-state index contributed by atoms with van der Waals surface area (Å²) in [6.45, 7) is 10.2. The van der Waals surface area contributed by atoms with Crippen molar-refractivity contribution in [1.29, 1.82) is 0 Å². The van der Waals surface area contributed by atoms with Crippen molar-refractivity contribution in [2.24, 2.45) is 11.7 Å². The summed E-state index contributed by atoms with van der Waals surface area (Å²) in [5.74, 6) is 0.380. The van der Waals surface area contributed by atoms with E-state index >= 15 is 0 Å². The molecule has 1 fully saturated rings. The Morgan fingerprint density at radius 1 is 1.31 bits per heavy atom. The third kappa shape index (κ3) is 3.42. The summed E-state index contributed by atoms with van der Waals surface area (Å²) >= 11 is 0. The number of hydrogen-bond donors (Lipinski definition) is 2. The predicted octanol–water partition coefficient (Wildman–Crippen LogP) is 0.440. The molecule has 1 aliphatic rings. The van der Waals surface area contributed by atoms with E-state index in [0.29, 0.717) is 5.92 Å². The molecular weight excluding hydrogens is 204 g/mol. The van der Waals surface area contributed by atoms with Crippen LogP contribution in [0.4, 0.5) is 0 Å². The van der Waals surface area contributed by atoms with Crippen molar-refractivity contribution >= 4 is 0 Å². The summed E-state index contributed by atoms with van der Waals surface area (Å²) in [4.78, 5) is 2.27. The minimum atomic E-state index is 0.0162. The van der Waals surface area contributed by atoms with Crippen molar-refractivity contribution in [2.75, 3.05) is 19.7 Å². The fourth-order valence-corrected chi connectivity index (χ4v) is 2.41. The van der Waals surface area contributed by atoms with E-state index in [2.05, 4.69) is 32.6 Å². The van der Waals surface area contributed by atoms with E-state index in [4.69, 9.17) is 10.5 Å². The molecular formula is C12H26N2O2. The highest BCUT2D eigenvalue weighted by molar-refractivity contribution is 4.87. The third-order valence-electron chi connectivity index (χ3n) is 3.32. The van der Waals surface area contributed by atoms with E-state index in [1.165, 1.54) is 0 Å². The number of nitrogens with zero attached hydrogens (tertiary/aromatic N) is 1. The van der Waals surface area contributed by atoms with Crippen molar-refractivity contribution < 1.29 is 9.84 Å². The summed E-state index contributed by atoms with van der Waals surface area (Å²) < 4.78 is 5.69. The lowest BCUT2D eigenvalue weighted by Crippen LogP contribution is -2.58. The van der Waals surface area contributed by atoms with Crippen LogP contribution in [0.2, 0.25) is 0 Å². The monoisotopic (exact) mass is 230 g/mol. The topological polar surface area (TPSA) is 58.7 Å². The second-order valence-corrected chi connectivity index (χ2v) is 5.28. The molecule has 1 heterocycles. The lowest BCUT2D eigenvalue weighted by atomic mass is 9.95. The Morgan fingerprint density at radius 2 is 1.81 bits per heavy atom. The van der Waals surface area contributed by atoms with Gasteiger partial charge in [0.2, 0.25) is 0 Å². The molecule has 0 aromatic heterocycles. The van der Waals surface area contributed by atoms with Gasteiger partial charge in [0.25, 0.3) is 0 Å². The van der Waals surface area contributed by atoms with E-state index in [-0.39, 0.29) is 30.9 Å². The second-order valence-electron chi connectivity index (χ2n) is 5.28. The molecule has 4 heteroatoms. The molecule has 1 rings (SSSR count). The van der Waals surface area contributed by atoms with E-state index in [0.717, 1.165) is 13.1 Å². The van der Waals surface area contributed by atoms with Gasteiger partial charge in [-0.2, -0.15) is 0 Å². The molecule has 0 saturated carbocycles. The summed E-state index contributed by atoms with van der Waals surface area (Å²) in [7, 11) is 0. The van der Waals surface area contributed by atoms with Crippen molar-refractivity contribution in [3.63, 3.8) is 0 Å². The van der Waals surface area contributed by atoms with Gasteiger partial charge in [0.15, 0.2) is 0 Å². The standard InChI is InChI=1S/C12H26N2O2/c1-8(2)12(13)11(7-15)14-5-9(3)16-10(4)6-14/h8-12,15H,5-7,13H2,1-4H3/t9-,10+,11?,12?. The van der Waals surface area contributed by atoms with Crippen LogP contribution in [0.1, 0.15) is 27.7 Å². The maximum atomic E-state index is 9.51. The first-order chi connectivity index (χ1) is 7.45. The van der Waals surface area contributed by atoms with Crippen LogP contribution in [0.5, 0.6) is 0 Å². The van der Waals surface area contributed by atoms with Crippen molar-refractivity contribution in [2.45, 2.75) is 52.0 Å². The van der Waals surface area contributed by atoms with Crippen LogP contribution in [-0.2, 0) is 4.74 Å². The average Bonchev–Trinajstić information content (AvgIpc) is 2.16. The minimum Gasteiger partial charge on any atom is -0.395 e. The van der Waals surface area contributed by atoms with Gasteiger partial charge in [-0.05, 0) is 19.8 Å². The molecule has 0 aromatic rings. The number of aliphatic hydroxyl groups excluding tert-OH is 1. The van der Waals surface area contributed by atoms with Crippen molar-refractivity contribution in [3.8, 4) is 0 Å². The smallest absolute Gasteiger partial charge is 0.0678 e. The Hall–Kier alpha value is -0.160. The Bertz CT molecular complexity index is 201. The Balaban J connectivity index is 2.64. The normalized spacial score (nSPS) is 31.7. The number of rotatable bonds is 4. The zero-order valence-electron chi connectivity index (χ0n) is 10.9. The molecule has 16 heavy (non-hydrogen) atoms. The van der Waals surface area contributed by atoms with Gasteiger partial charge in [0.05, 0.1) is 18.8 Å². The largest absolute Gasteiger partial charge is 0.395 e. The molecule has 1 saturated heterocycles. The highest BCUT2D eigenvalue weighted by Crippen LogP contribution is 2.17. The van der Waals surface area contributed by atoms with E-state index in [1.807, 2.05) is 0 Å². The molecule has 4 nitrogen and oxygen atoms in total. The zero-order valence-corrected chi connectivity index (χ0v) is 10.9. The van der Waals surface area contributed by atoms with Gasteiger partial charge in [-0.1, -0.05) is 13.8 Å². The highest BCUT2D eigenvalue weighted by atomic mass is 16.5. The van der Waals surface area contributed by atoms with Crippen LogP contribution in [-0.4, -0.2) is 54.0 Å². The summed E-state index contributed by atoms with van der Waals surface area (Å²) in [6.07, 6.45) is 0.439. The van der Waals surface area contributed by atoms with E-state index in [1.54, 1.807) is 0 Å². The lowest BCUT2D eigenvalue weighted by Gasteiger charge is -2.42. The van der Waals surface area contributed by atoms with Crippen LogP contribution in [0.15, 0.2) is 0 Å². The minimum absolute atomic E-state index is 0.0162. The van der Waals surface area contributed by atoms with Crippen LogP contribution in [0.25, 0.3) is 0 Å². The lowest BCUT2D eigenvalue weighted by molar-refractivity contribution is -0.0903. The first-order valence-corrected chi connectivity index (χ1v) is 6.21. The van der Waals surface area contributed by atoms with Crippen molar-refractivity contribution in [3.05, 3.63) is 0 Å². The van der Waals surface area contributed by atoms with E-state index in [9.17, 15) is 5.11 Å². The van der Waals surface area contributed by atoms with Gasteiger partial charge >= 0.3 is 0 Å². The number of hydrogen-bond acceptors (Lipinski definition) is 4. The fraction of sp³-hybridized carbons (Fsp3) is 1.00. The van der Waals surface area contributed by atoms with Gasteiger partial charge in [0, 0.05) is 25.2 Å². The number of ether oxygens (including phenoxy) is 1. The Morgan fingerprint density at radius 3 is 2.19 bits per heavy atom. The molecule has 96 valence electrons. The van der Waals surface area contributed by atoms with Crippen LogP contribution in [0.3, 0.4) is 0 Å². The third-order valence-corrected chi connectivity index (χ3v) is 3.32. The molecule has 0 amide bonds. The molecule has 0 radical (unpaired) electrons. The molecule has 3 N–H and O–H groups in total. The van der Waals surface area contributed by atoms with Gasteiger partial charge in [-0.3, -0.25) is 4.90 Å². The molecule has 4 atom stereocenters. The molecule has 0 aromatic carbocycles.